The molecule has 1 amide bonds. The van der Waals surface area contributed by atoms with Crippen LogP contribution in [0.3, 0.4) is 0 Å². The molecule has 1 saturated heterocycles. The molecule has 1 aliphatic heterocycles. The molecule has 8 heteroatoms. The van der Waals surface area contributed by atoms with Crippen LogP contribution in [0, 0.1) is 11.6 Å². The van der Waals surface area contributed by atoms with Crippen molar-refractivity contribution >= 4 is 27.5 Å². The number of carbonyl (C=O) groups is 1. The Morgan fingerprint density at radius 1 is 1.19 bits per heavy atom. The number of hydrogen-bond acceptors (Lipinski definition) is 5. The van der Waals surface area contributed by atoms with Crippen molar-refractivity contribution < 1.29 is 23.0 Å². The molecule has 0 spiro atoms. The molecule has 0 bridgehead atoms. The van der Waals surface area contributed by atoms with Crippen molar-refractivity contribution in [2.24, 2.45) is 0 Å². The number of benzene rings is 2. The number of amides is 1. The predicted octanol–water partition coefficient (Wildman–Crippen LogP) is 5.15. The van der Waals surface area contributed by atoms with Crippen molar-refractivity contribution in [1.29, 1.82) is 0 Å². The summed E-state index contributed by atoms with van der Waals surface area (Å²) in [6.07, 6.45) is 1.16. The maximum Gasteiger partial charge on any atom is 0.274 e. The molecule has 1 fully saturated rings. The first-order chi connectivity index (χ1) is 14.9. The van der Waals surface area contributed by atoms with E-state index in [2.05, 4.69) is 18.8 Å². The number of ether oxygens (including phenoxy) is 2. The van der Waals surface area contributed by atoms with Gasteiger partial charge < -0.3 is 14.4 Å². The van der Waals surface area contributed by atoms with E-state index < -0.39 is 11.6 Å². The van der Waals surface area contributed by atoms with Crippen molar-refractivity contribution in [2.75, 3.05) is 19.7 Å². The van der Waals surface area contributed by atoms with Crippen LogP contribution in [0.4, 0.5) is 8.78 Å². The van der Waals surface area contributed by atoms with Crippen molar-refractivity contribution in [1.82, 2.24) is 9.88 Å². The standard InChI is InChI=1S/C23H24F2N2O3S/c1-14(2)15-3-5-17(6-4-15)29-13-21(28)27-9-7-18(8-10-27)30-23-26-22-19(25)11-16(24)12-20(22)31-23/h3-6,11-12,14,18H,7-10,13H2,1-2H3. The van der Waals surface area contributed by atoms with Gasteiger partial charge in [0.1, 0.15) is 23.2 Å². The fourth-order valence-corrected chi connectivity index (χ4v) is 4.46. The summed E-state index contributed by atoms with van der Waals surface area (Å²) in [7, 11) is 0. The van der Waals surface area contributed by atoms with E-state index in [-0.39, 0.29) is 24.1 Å². The molecule has 164 valence electrons. The van der Waals surface area contributed by atoms with Crippen LogP contribution in [-0.2, 0) is 4.79 Å². The maximum atomic E-state index is 13.8. The number of nitrogens with zero attached hydrogens (tertiary/aromatic N) is 2. The highest BCUT2D eigenvalue weighted by Crippen LogP contribution is 2.32. The minimum absolute atomic E-state index is 0.00470. The van der Waals surface area contributed by atoms with Gasteiger partial charge in [0.2, 0.25) is 0 Å². The Balaban J connectivity index is 1.26. The number of thiazole rings is 1. The van der Waals surface area contributed by atoms with Crippen molar-refractivity contribution in [2.45, 2.75) is 38.7 Å². The van der Waals surface area contributed by atoms with E-state index in [0.29, 0.717) is 47.5 Å². The number of rotatable bonds is 6. The van der Waals surface area contributed by atoms with Gasteiger partial charge in [-0.2, -0.15) is 4.98 Å². The first-order valence-corrected chi connectivity index (χ1v) is 11.1. The molecule has 2 aromatic carbocycles. The van der Waals surface area contributed by atoms with Crippen LogP contribution in [0.1, 0.15) is 38.2 Å². The van der Waals surface area contributed by atoms with Crippen LogP contribution in [0.25, 0.3) is 10.2 Å². The van der Waals surface area contributed by atoms with E-state index in [0.717, 1.165) is 17.4 Å². The molecule has 2 heterocycles. The molecule has 3 aromatic rings. The average Bonchev–Trinajstić information content (AvgIpc) is 3.15. The first kappa shape index (κ1) is 21.5. The Bertz CT molecular complexity index is 1060. The van der Waals surface area contributed by atoms with E-state index >= 15 is 0 Å². The summed E-state index contributed by atoms with van der Waals surface area (Å²) in [6, 6.07) is 9.85. The van der Waals surface area contributed by atoms with Gasteiger partial charge in [-0.3, -0.25) is 4.79 Å². The summed E-state index contributed by atoms with van der Waals surface area (Å²) >= 11 is 1.12. The topological polar surface area (TPSA) is 51.7 Å². The summed E-state index contributed by atoms with van der Waals surface area (Å²) in [5.74, 6) is -0.271. The van der Waals surface area contributed by atoms with E-state index in [1.54, 1.807) is 4.90 Å². The largest absolute Gasteiger partial charge is 0.484 e. The lowest BCUT2D eigenvalue weighted by molar-refractivity contribution is -0.135. The highest BCUT2D eigenvalue weighted by atomic mass is 32.1. The molecule has 5 nitrogen and oxygen atoms in total. The SMILES string of the molecule is CC(C)c1ccc(OCC(=O)N2CCC(Oc3nc4c(F)cc(F)cc4s3)CC2)cc1. The summed E-state index contributed by atoms with van der Waals surface area (Å²) in [5.41, 5.74) is 1.34. The molecule has 31 heavy (non-hydrogen) atoms. The Labute approximate surface area is 183 Å². The van der Waals surface area contributed by atoms with Gasteiger partial charge in [0.05, 0.1) is 4.70 Å². The average molecular weight is 447 g/mol. The number of fused-ring (bicyclic) bond motifs is 1. The summed E-state index contributed by atoms with van der Waals surface area (Å²) < 4.78 is 39.1. The number of hydrogen-bond donors (Lipinski definition) is 0. The lowest BCUT2D eigenvalue weighted by atomic mass is 10.0. The molecule has 0 unspecified atom stereocenters. The number of halogens is 2. The van der Waals surface area contributed by atoms with Crippen LogP contribution >= 0.6 is 11.3 Å². The second-order valence-corrected chi connectivity index (χ2v) is 8.92. The Hall–Kier alpha value is -2.74. The zero-order valence-electron chi connectivity index (χ0n) is 17.4. The lowest BCUT2D eigenvalue weighted by Crippen LogP contribution is -2.43. The van der Waals surface area contributed by atoms with Gasteiger partial charge in [0, 0.05) is 32.0 Å². The quantitative estimate of drug-likeness (QED) is 0.526. The minimum atomic E-state index is -0.694. The van der Waals surface area contributed by atoms with Gasteiger partial charge in [-0.1, -0.05) is 37.3 Å². The molecule has 0 radical (unpaired) electrons. The molecular formula is C23H24F2N2O3S. The molecule has 0 N–H and O–H groups in total. The predicted molar refractivity (Wildman–Crippen MR) is 116 cm³/mol. The van der Waals surface area contributed by atoms with Crippen LogP contribution in [-0.4, -0.2) is 41.6 Å². The molecule has 0 aliphatic carbocycles. The lowest BCUT2D eigenvalue weighted by Gasteiger charge is -2.31. The zero-order valence-corrected chi connectivity index (χ0v) is 18.3. The fourth-order valence-electron chi connectivity index (χ4n) is 3.54. The van der Waals surface area contributed by atoms with Crippen LogP contribution in [0.5, 0.6) is 10.9 Å². The van der Waals surface area contributed by atoms with Crippen LogP contribution in [0.15, 0.2) is 36.4 Å². The van der Waals surface area contributed by atoms with Gasteiger partial charge in [0.25, 0.3) is 11.1 Å². The molecule has 0 saturated carbocycles. The van der Waals surface area contributed by atoms with E-state index in [1.165, 1.54) is 11.6 Å². The Morgan fingerprint density at radius 2 is 1.90 bits per heavy atom. The second kappa shape index (κ2) is 9.18. The Kier molecular flexibility index (Phi) is 6.36. The molecule has 4 rings (SSSR count). The van der Waals surface area contributed by atoms with Crippen molar-refractivity contribution in [3.8, 4) is 10.9 Å². The van der Waals surface area contributed by atoms with Crippen molar-refractivity contribution in [3.05, 3.63) is 53.6 Å². The van der Waals surface area contributed by atoms with E-state index in [1.807, 2.05) is 24.3 Å². The minimum Gasteiger partial charge on any atom is -0.484 e. The zero-order chi connectivity index (χ0) is 22.0. The smallest absolute Gasteiger partial charge is 0.274 e. The number of likely N-dealkylation sites (tertiary alicyclic amines) is 1. The molecule has 1 aliphatic rings. The van der Waals surface area contributed by atoms with Gasteiger partial charge in [-0.05, 0) is 29.7 Å². The molecule has 0 atom stereocenters. The normalized spacial score (nSPS) is 14.9. The Morgan fingerprint density at radius 3 is 2.58 bits per heavy atom. The summed E-state index contributed by atoms with van der Waals surface area (Å²) in [4.78, 5) is 18.4. The second-order valence-electron chi connectivity index (χ2n) is 7.92. The third kappa shape index (κ3) is 5.12. The summed E-state index contributed by atoms with van der Waals surface area (Å²) in [6.45, 7) is 5.35. The highest BCUT2D eigenvalue weighted by Gasteiger charge is 2.25. The number of aromatic nitrogens is 1. The van der Waals surface area contributed by atoms with Gasteiger partial charge >= 0.3 is 0 Å². The van der Waals surface area contributed by atoms with Crippen molar-refractivity contribution in [3.63, 3.8) is 0 Å². The number of carbonyl (C=O) groups excluding carboxylic acids is 1. The third-order valence-corrected chi connectivity index (χ3v) is 6.26. The molecular weight excluding hydrogens is 422 g/mol. The monoisotopic (exact) mass is 446 g/mol. The van der Waals surface area contributed by atoms with Gasteiger partial charge in [-0.25, -0.2) is 8.78 Å². The first-order valence-electron chi connectivity index (χ1n) is 10.3. The van der Waals surface area contributed by atoms with E-state index in [9.17, 15) is 13.6 Å². The molecule has 1 aromatic heterocycles. The third-order valence-electron chi connectivity index (χ3n) is 5.36. The summed E-state index contributed by atoms with van der Waals surface area (Å²) in [5, 5.41) is 0.317. The van der Waals surface area contributed by atoms with E-state index in [4.69, 9.17) is 9.47 Å². The van der Waals surface area contributed by atoms with Gasteiger partial charge in [0.15, 0.2) is 12.4 Å². The van der Waals surface area contributed by atoms with Crippen LogP contribution < -0.4 is 9.47 Å². The number of piperidine rings is 1. The van der Waals surface area contributed by atoms with Crippen LogP contribution in [0.2, 0.25) is 0 Å². The fraction of sp³-hybridized carbons (Fsp3) is 0.391. The van der Waals surface area contributed by atoms with Gasteiger partial charge in [-0.15, -0.1) is 0 Å². The highest BCUT2D eigenvalue weighted by molar-refractivity contribution is 7.20. The maximum absolute atomic E-state index is 13.8.